The molecule has 0 bridgehead atoms. The fraction of sp³-hybridized carbons (Fsp3) is 0.500. The molecule has 0 radical (unpaired) electrons. The van der Waals surface area contributed by atoms with Crippen molar-refractivity contribution in [3.8, 4) is 0 Å². The van der Waals surface area contributed by atoms with Crippen LogP contribution in [0.15, 0.2) is 16.6 Å². The van der Waals surface area contributed by atoms with Gasteiger partial charge in [0.2, 0.25) is 0 Å². The smallest absolute Gasteiger partial charge is 0.0525 e. The van der Waals surface area contributed by atoms with E-state index in [-0.39, 0.29) is 6.61 Å². The Morgan fingerprint density at radius 1 is 1.56 bits per heavy atom. The quantitative estimate of drug-likeness (QED) is 0.907. The Bertz CT molecular complexity index is 397. The van der Waals surface area contributed by atoms with Gasteiger partial charge in [0.15, 0.2) is 0 Å². The molecule has 1 N–H and O–H groups in total. The fourth-order valence-corrected chi connectivity index (χ4v) is 2.95. The van der Waals surface area contributed by atoms with Gasteiger partial charge >= 0.3 is 0 Å². The standard InChI is InChI=1S/C12H15BrClNO/c1-8-4-10(13)12(5-11(8)14)15-3-2-9(6-15)7-16/h4-5,9,16H,2-3,6-7H2,1H3. The van der Waals surface area contributed by atoms with Crippen LogP contribution in [-0.4, -0.2) is 24.8 Å². The number of aliphatic hydroxyl groups is 1. The molecule has 0 aromatic heterocycles. The van der Waals surface area contributed by atoms with Gasteiger partial charge in [0, 0.05) is 35.1 Å². The number of benzene rings is 1. The Hall–Kier alpha value is -0.250. The summed E-state index contributed by atoms with van der Waals surface area (Å²) in [5.74, 6) is 0.395. The molecule has 0 spiro atoms. The minimum Gasteiger partial charge on any atom is -0.396 e. The molecule has 2 rings (SSSR count). The lowest BCUT2D eigenvalue weighted by Gasteiger charge is -2.21. The van der Waals surface area contributed by atoms with E-state index in [2.05, 4.69) is 20.8 Å². The maximum atomic E-state index is 9.13. The van der Waals surface area contributed by atoms with E-state index in [0.717, 1.165) is 40.3 Å². The van der Waals surface area contributed by atoms with E-state index >= 15 is 0 Å². The number of hydrogen-bond donors (Lipinski definition) is 1. The molecular formula is C12H15BrClNO. The van der Waals surface area contributed by atoms with E-state index in [4.69, 9.17) is 16.7 Å². The van der Waals surface area contributed by atoms with Crippen LogP contribution in [0.3, 0.4) is 0 Å². The summed E-state index contributed by atoms with van der Waals surface area (Å²) in [6, 6.07) is 4.05. The van der Waals surface area contributed by atoms with Crippen molar-refractivity contribution >= 4 is 33.2 Å². The summed E-state index contributed by atoms with van der Waals surface area (Å²) in [4.78, 5) is 2.27. The van der Waals surface area contributed by atoms with Gasteiger partial charge in [-0.15, -0.1) is 0 Å². The topological polar surface area (TPSA) is 23.5 Å². The average Bonchev–Trinajstić information content (AvgIpc) is 2.71. The molecule has 2 nitrogen and oxygen atoms in total. The highest BCUT2D eigenvalue weighted by Gasteiger charge is 2.23. The van der Waals surface area contributed by atoms with E-state index in [1.165, 1.54) is 0 Å². The SMILES string of the molecule is Cc1cc(Br)c(N2CCC(CO)C2)cc1Cl. The molecule has 1 aromatic carbocycles. The number of aliphatic hydroxyl groups excluding tert-OH is 1. The molecule has 16 heavy (non-hydrogen) atoms. The van der Waals surface area contributed by atoms with Crippen LogP contribution in [0.5, 0.6) is 0 Å². The molecular weight excluding hydrogens is 289 g/mol. The number of aryl methyl sites for hydroxylation is 1. The molecule has 1 saturated heterocycles. The molecule has 1 aliphatic heterocycles. The molecule has 1 aromatic rings. The first-order valence-corrected chi connectivity index (χ1v) is 6.60. The van der Waals surface area contributed by atoms with Gasteiger partial charge in [-0.05, 0) is 47.0 Å². The van der Waals surface area contributed by atoms with Gasteiger partial charge in [0.05, 0.1) is 5.69 Å². The molecule has 0 aliphatic carbocycles. The van der Waals surface area contributed by atoms with Crippen molar-refractivity contribution in [1.82, 2.24) is 0 Å². The number of anilines is 1. The summed E-state index contributed by atoms with van der Waals surface area (Å²) in [6.07, 6.45) is 1.05. The van der Waals surface area contributed by atoms with E-state index < -0.39 is 0 Å². The normalized spacial score (nSPS) is 20.5. The molecule has 0 saturated carbocycles. The van der Waals surface area contributed by atoms with Crippen LogP contribution in [0.25, 0.3) is 0 Å². The van der Waals surface area contributed by atoms with Crippen molar-refractivity contribution in [3.05, 3.63) is 27.2 Å². The van der Waals surface area contributed by atoms with Gasteiger partial charge in [-0.25, -0.2) is 0 Å². The molecule has 1 unspecified atom stereocenters. The van der Waals surface area contributed by atoms with E-state index in [0.29, 0.717) is 5.92 Å². The van der Waals surface area contributed by atoms with Gasteiger partial charge in [-0.2, -0.15) is 0 Å². The highest BCUT2D eigenvalue weighted by atomic mass is 79.9. The van der Waals surface area contributed by atoms with Crippen LogP contribution < -0.4 is 4.90 Å². The lowest BCUT2D eigenvalue weighted by molar-refractivity contribution is 0.238. The summed E-state index contributed by atoms with van der Waals surface area (Å²) in [7, 11) is 0. The minimum absolute atomic E-state index is 0.272. The minimum atomic E-state index is 0.272. The van der Waals surface area contributed by atoms with Crippen molar-refractivity contribution in [3.63, 3.8) is 0 Å². The molecule has 0 amide bonds. The predicted octanol–water partition coefficient (Wildman–Crippen LogP) is 3.23. The lowest BCUT2D eigenvalue weighted by Crippen LogP contribution is -2.21. The van der Waals surface area contributed by atoms with Crippen molar-refractivity contribution in [2.24, 2.45) is 5.92 Å². The summed E-state index contributed by atoms with van der Waals surface area (Å²) in [5.41, 5.74) is 2.21. The zero-order valence-corrected chi connectivity index (χ0v) is 11.6. The zero-order valence-electron chi connectivity index (χ0n) is 9.21. The first kappa shape index (κ1) is 12.2. The molecule has 1 atom stereocenters. The van der Waals surface area contributed by atoms with Crippen LogP contribution in [0.4, 0.5) is 5.69 Å². The van der Waals surface area contributed by atoms with Crippen LogP contribution in [-0.2, 0) is 0 Å². The van der Waals surface area contributed by atoms with Crippen molar-refractivity contribution in [1.29, 1.82) is 0 Å². The van der Waals surface area contributed by atoms with Crippen LogP contribution in [0.1, 0.15) is 12.0 Å². The van der Waals surface area contributed by atoms with E-state index in [9.17, 15) is 0 Å². The number of rotatable bonds is 2. The zero-order chi connectivity index (χ0) is 11.7. The molecule has 88 valence electrons. The van der Waals surface area contributed by atoms with Crippen LogP contribution in [0.2, 0.25) is 5.02 Å². The summed E-state index contributed by atoms with van der Waals surface area (Å²) in [5, 5.41) is 9.93. The number of halogens is 2. The van der Waals surface area contributed by atoms with Crippen LogP contribution >= 0.6 is 27.5 Å². The molecule has 1 fully saturated rings. The maximum Gasteiger partial charge on any atom is 0.0525 e. The van der Waals surface area contributed by atoms with Gasteiger partial charge in [0.1, 0.15) is 0 Å². The van der Waals surface area contributed by atoms with Crippen LogP contribution in [0, 0.1) is 12.8 Å². The second-order valence-electron chi connectivity index (χ2n) is 4.34. The number of hydrogen-bond acceptors (Lipinski definition) is 2. The van der Waals surface area contributed by atoms with E-state index in [1.54, 1.807) is 0 Å². The third kappa shape index (κ3) is 2.36. The Labute approximate surface area is 109 Å². The highest BCUT2D eigenvalue weighted by Crippen LogP contribution is 2.34. The van der Waals surface area contributed by atoms with E-state index in [1.807, 2.05) is 19.1 Å². The van der Waals surface area contributed by atoms with Crippen molar-refractivity contribution in [2.45, 2.75) is 13.3 Å². The monoisotopic (exact) mass is 303 g/mol. The average molecular weight is 305 g/mol. The Morgan fingerprint density at radius 3 is 2.94 bits per heavy atom. The Morgan fingerprint density at radius 2 is 2.31 bits per heavy atom. The molecule has 1 aliphatic rings. The Kier molecular flexibility index (Phi) is 3.77. The second kappa shape index (κ2) is 4.94. The van der Waals surface area contributed by atoms with Gasteiger partial charge in [-0.1, -0.05) is 11.6 Å². The van der Waals surface area contributed by atoms with Crippen molar-refractivity contribution in [2.75, 3.05) is 24.6 Å². The summed E-state index contributed by atoms with van der Waals surface area (Å²) < 4.78 is 1.08. The molecule has 1 heterocycles. The summed E-state index contributed by atoms with van der Waals surface area (Å²) >= 11 is 9.71. The first-order valence-electron chi connectivity index (χ1n) is 5.43. The highest BCUT2D eigenvalue weighted by molar-refractivity contribution is 9.10. The van der Waals surface area contributed by atoms with Crippen molar-refractivity contribution < 1.29 is 5.11 Å². The van der Waals surface area contributed by atoms with Gasteiger partial charge < -0.3 is 10.0 Å². The van der Waals surface area contributed by atoms with Gasteiger partial charge in [-0.3, -0.25) is 0 Å². The lowest BCUT2D eigenvalue weighted by atomic mass is 10.1. The third-order valence-corrected chi connectivity index (χ3v) is 4.16. The summed E-state index contributed by atoms with van der Waals surface area (Å²) in [6.45, 7) is 4.17. The number of nitrogens with zero attached hydrogens (tertiary/aromatic N) is 1. The fourth-order valence-electron chi connectivity index (χ4n) is 2.08. The largest absolute Gasteiger partial charge is 0.396 e. The first-order chi connectivity index (χ1) is 7.61. The predicted molar refractivity (Wildman–Crippen MR) is 71.3 cm³/mol. The molecule has 4 heteroatoms. The maximum absolute atomic E-state index is 9.13. The van der Waals surface area contributed by atoms with Gasteiger partial charge in [0.25, 0.3) is 0 Å². The second-order valence-corrected chi connectivity index (χ2v) is 5.60. The Balaban J connectivity index is 2.24. The third-order valence-electron chi connectivity index (χ3n) is 3.11.